The molecule has 2 heterocycles. The van der Waals surface area contributed by atoms with Gasteiger partial charge in [-0.3, -0.25) is 0 Å². The van der Waals surface area contributed by atoms with Crippen LogP contribution in [0.2, 0.25) is 0 Å². The Morgan fingerprint density at radius 3 is 1.32 bits per heavy atom. The van der Waals surface area contributed by atoms with Gasteiger partial charge >= 0.3 is 0 Å². The maximum atomic E-state index is 8.42. The van der Waals surface area contributed by atoms with Gasteiger partial charge in [-0.05, 0) is 122 Å². The summed E-state index contributed by atoms with van der Waals surface area (Å²) in [4.78, 5) is 18.8. The molecule has 7 aromatic carbocycles. The van der Waals surface area contributed by atoms with E-state index >= 15 is 0 Å². The van der Waals surface area contributed by atoms with Gasteiger partial charge in [0.2, 0.25) is 0 Å². The van der Waals surface area contributed by atoms with E-state index in [4.69, 9.17) is 21.5 Å². The first-order valence-corrected chi connectivity index (χ1v) is 19.3. The van der Waals surface area contributed by atoms with E-state index in [-0.39, 0.29) is 0 Å². The normalized spacial score (nSPS) is 11.3. The molecular formula is C52H41N5. The van der Waals surface area contributed by atoms with Gasteiger partial charge in [-0.15, -0.1) is 0 Å². The lowest BCUT2D eigenvalue weighted by Crippen LogP contribution is -2.01. The van der Waals surface area contributed by atoms with Crippen molar-refractivity contribution in [1.82, 2.24) is 19.5 Å². The smallest absolute Gasteiger partial charge is 0.200 e. The summed E-state index contributed by atoms with van der Waals surface area (Å²) >= 11 is 0. The second-order valence-corrected chi connectivity index (χ2v) is 15.2. The molecule has 9 aromatic rings. The Labute approximate surface area is 333 Å². The summed E-state index contributed by atoms with van der Waals surface area (Å²) in [6, 6.07) is 48.6. The molecule has 5 heteroatoms. The second kappa shape index (κ2) is 14.2. The lowest BCUT2D eigenvalue weighted by Gasteiger charge is -2.14. The summed E-state index contributed by atoms with van der Waals surface area (Å²) in [5.41, 5.74) is 18.5. The Bertz CT molecular complexity index is 2860. The fourth-order valence-electron chi connectivity index (χ4n) is 8.75. The van der Waals surface area contributed by atoms with Gasteiger partial charge in [-0.1, -0.05) is 114 Å². The van der Waals surface area contributed by atoms with Crippen LogP contribution in [0.15, 0.2) is 140 Å². The number of benzene rings is 7. The summed E-state index contributed by atoms with van der Waals surface area (Å²) < 4.78 is 2.29. The Balaban J connectivity index is 1.26. The summed E-state index contributed by atoms with van der Waals surface area (Å²) in [5, 5.41) is 2.33. The van der Waals surface area contributed by atoms with E-state index in [1.54, 1.807) is 0 Å². The number of aryl methyl sites for hydroxylation is 6. The third-order valence-electron chi connectivity index (χ3n) is 11.0. The quantitative estimate of drug-likeness (QED) is 0.160. The van der Waals surface area contributed by atoms with Gasteiger partial charge in [-0.2, -0.15) is 0 Å². The Morgan fingerprint density at radius 1 is 0.439 bits per heavy atom. The number of fused-ring (bicyclic) bond motifs is 3. The van der Waals surface area contributed by atoms with E-state index in [9.17, 15) is 0 Å². The molecule has 5 nitrogen and oxygen atoms in total. The zero-order valence-electron chi connectivity index (χ0n) is 33.0. The van der Waals surface area contributed by atoms with Gasteiger partial charge in [0, 0.05) is 33.2 Å². The van der Waals surface area contributed by atoms with Crippen LogP contribution in [-0.4, -0.2) is 19.5 Å². The second-order valence-electron chi connectivity index (χ2n) is 15.2. The van der Waals surface area contributed by atoms with Crippen LogP contribution in [0.5, 0.6) is 0 Å². The summed E-state index contributed by atoms with van der Waals surface area (Å²) in [6.45, 7) is 21.5. The van der Waals surface area contributed by atoms with E-state index < -0.39 is 0 Å². The minimum Gasteiger partial charge on any atom is -0.311 e. The van der Waals surface area contributed by atoms with Crippen LogP contribution < -0.4 is 0 Å². The minimum absolute atomic E-state index is 0.462. The van der Waals surface area contributed by atoms with Crippen LogP contribution in [0.1, 0.15) is 33.4 Å². The van der Waals surface area contributed by atoms with E-state index in [0.717, 1.165) is 38.6 Å². The summed E-state index contributed by atoms with van der Waals surface area (Å²) in [6.07, 6.45) is 0. The molecule has 0 aliphatic rings. The van der Waals surface area contributed by atoms with Gasteiger partial charge in [0.05, 0.1) is 17.6 Å². The van der Waals surface area contributed by atoms with Gasteiger partial charge in [0.15, 0.2) is 23.2 Å². The zero-order chi connectivity index (χ0) is 39.4. The first kappa shape index (κ1) is 35.5. The minimum atomic E-state index is 0.462. The standard InChI is InChI=1S/C52H41N5/c1-31-24-33(3)48(34(4)25-31)39-18-22-46-43(28-39)44-29-40(49-35(5)26-32(2)27-36(49)6)19-23-47(44)57(46)41-20-21-42(45(30-41)53-7)52-55-50(37-14-10-8-11-15-37)54-51(56-52)38-16-12-9-13-17-38/h8-30H,1-6H3. The number of aromatic nitrogens is 4. The highest BCUT2D eigenvalue weighted by Crippen LogP contribution is 2.41. The first-order valence-electron chi connectivity index (χ1n) is 19.3. The largest absolute Gasteiger partial charge is 0.311 e. The predicted octanol–water partition coefficient (Wildman–Crippen LogP) is 13.7. The van der Waals surface area contributed by atoms with Crippen LogP contribution >= 0.6 is 0 Å². The highest BCUT2D eigenvalue weighted by Gasteiger charge is 2.20. The van der Waals surface area contributed by atoms with Gasteiger partial charge in [0.25, 0.3) is 0 Å². The van der Waals surface area contributed by atoms with E-state index in [0.29, 0.717) is 28.7 Å². The SMILES string of the molecule is [C-]#[N+]c1cc(-n2c3ccc(-c4c(C)cc(C)cc4C)cc3c3cc(-c4c(C)cc(C)cc4C)ccc32)ccc1-c1nc(-c2ccccc2)nc(-c2ccccc2)n1. The van der Waals surface area contributed by atoms with Crippen LogP contribution in [0, 0.1) is 48.1 Å². The highest BCUT2D eigenvalue weighted by atomic mass is 15.0. The Kier molecular flexibility index (Phi) is 8.83. The average Bonchev–Trinajstić information content (AvgIpc) is 3.53. The van der Waals surface area contributed by atoms with E-state index in [2.05, 4.69) is 118 Å². The van der Waals surface area contributed by atoms with Crippen LogP contribution in [0.25, 0.3) is 88.8 Å². The molecule has 0 N–H and O–H groups in total. The molecule has 0 bridgehead atoms. The van der Waals surface area contributed by atoms with Gasteiger partial charge in [0.1, 0.15) is 0 Å². The molecule has 0 aliphatic heterocycles. The highest BCUT2D eigenvalue weighted by molar-refractivity contribution is 6.12. The lowest BCUT2D eigenvalue weighted by molar-refractivity contribution is 1.07. The maximum Gasteiger partial charge on any atom is 0.200 e. The van der Waals surface area contributed by atoms with E-state index in [1.165, 1.54) is 55.6 Å². The molecule has 0 saturated carbocycles. The van der Waals surface area contributed by atoms with Crippen molar-refractivity contribution in [1.29, 1.82) is 0 Å². The van der Waals surface area contributed by atoms with Crippen molar-refractivity contribution in [2.75, 3.05) is 0 Å². The Morgan fingerprint density at radius 2 is 0.877 bits per heavy atom. The van der Waals surface area contributed by atoms with Crippen molar-refractivity contribution >= 4 is 27.5 Å². The molecule has 0 aliphatic carbocycles. The number of hydrogen-bond acceptors (Lipinski definition) is 3. The number of hydrogen-bond donors (Lipinski definition) is 0. The molecule has 0 radical (unpaired) electrons. The molecule has 2 aromatic heterocycles. The third kappa shape index (κ3) is 6.36. The number of rotatable bonds is 6. The molecular weight excluding hydrogens is 695 g/mol. The molecule has 274 valence electrons. The van der Waals surface area contributed by atoms with Gasteiger partial charge < -0.3 is 4.57 Å². The summed E-state index contributed by atoms with van der Waals surface area (Å²) in [5.74, 6) is 1.59. The van der Waals surface area contributed by atoms with Crippen molar-refractivity contribution in [3.63, 3.8) is 0 Å². The molecule has 0 amide bonds. The topological polar surface area (TPSA) is 48.0 Å². The monoisotopic (exact) mass is 735 g/mol. The molecule has 0 spiro atoms. The maximum absolute atomic E-state index is 8.42. The number of nitrogens with zero attached hydrogens (tertiary/aromatic N) is 5. The molecule has 57 heavy (non-hydrogen) atoms. The predicted molar refractivity (Wildman–Crippen MR) is 236 cm³/mol. The third-order valence-corrected chi connectivity index (χ3v) is 11.0. The van der Waals surface area contributed by atoms with Crippen LogP contribution in [-0.2, 0) is 0 Å². The first-order chi connectivity index (χ1) is 27.7. The Hall–Kier alpha value is -7.16. The van der Waals surface area contributed by atoms with Crippen molar-refractivity contribution in [3.8, 4) is 62.1 Å². The fourth-order valence-corrected chi connectivity index (χ4v) is 8.75. The average molecular weight is 736 g/mol. The van der Waals surface area contributed by atoms with Gasteiger partial charge in [-0.25, -0.2) is 19.8 Å². The summed E-state index contributed by atoms with van der Waals surface area (Å²) in [7, 11) is 0. The fraction of sp³-hybridized carbons (Fsp3) is 0.115. The lowest BCUT2D eigenvalue weighted by atomic mass is 9.91. The van der Waals surface area contributed by atoms with Crippen LogP contribution in [0.4, 0.5) is 5.69 Å². The molecule has 0 unspecified atom stereocenters. The van der Waals surface area contributed by atoms with Crippen molar-refractivity contribution in [2.24, 2.45) is 0 Å². The molecule has 0 atom stereocenters. The zero-order valence-corrected chi connectivity index (χ0v) is 33.0. The van der Waals surface area contributed by atoms with Crippen molar-refractivity contribution in [3.05, 3.63) is 184 Å². The molecule has 0 saturated heterocycles. The molecule has 0 fully saturated rings. The van der Waals surface area contributed by atoms with E-state index in [1.807, 2.05) is 72.8 Å². The van der Waals surface area contributed by atoms with Crippen molar-refractivity contribution < 1.29 is 0 Å². The van der Waals surface area contributed by atoms with Crippen LogP contribution in [0.3, 0.4) is 0 Å². The van der Waals surface area contributed by atoms with Crippen molar-refractivity contribution in [2.45, 2.75) is 41.5 Å². The molecule has 9 rings (SSSR count).